The minimum atomic E-state index is -0.627. The molecule has 0 spiro atoms. The molecule has 80 valence electrons. The smallest absolute Gasteiger partial charge is 0.281 e. The molecule has 0 heterocycles. The minimum absolute atomic E-state index is 0.0249. The molecule has 0 saturated carbocycles. The molecule has 0 atom stereocenters. The number of alkyl halides is 1. The van der Waals surface area contributed by atoms with Crippen LogP contribution in [0.5, 0.6) is 0 Å². The van der Waals surface area contributed by atoms with Crippen LogP contribution < -0.4 is 0 Å². The SMILES string of the molecule is O=C(CCl)c1c([N+](=O)[O-])ccc(Cl)c1I. The monoisotopic (exact) mass is 359 g/mol. The quantitative estimate of drug-likeness (QED) is 0.273. The van der Waals surface area contributed by atoms with Crippen molar-refractivity contribution in [1.29, 1.82) is 0 Å². The Balaban J connectivity index is 3.48. The third-order valence-electron chi connectivity index (χ3n) is 1.67. The Morgan fingerprint density at radius 2 is 2.13 bits per heavy atom. The van der Waals surface area contributed by atoms with Crippen molar-refractivity contribution in [2.45, 2.75) is 0 Å². The second-order valence-electron chi connectivity index (χ2n) is 2.57. The maximum atomic E-state index is 11.4. The van der Waals surface area contributed by atoms with Crippen LogP contribution in [-0.2, 0) is 0 Å². The van der Waals surface area contributed by atoms with Gasteiger partial charge in [-0.25, -0.2) is 0 Å². The predicted octanol–water partition coefficient (Wildman–Crippen LogP) is 3.27. The number of rotatable bonds is 3. The largest absolute Gasteiger partial charge is 0.293 e. The Hall–Kier alpha value is -0.400. The van der Waals surface area contributed by atoms with Gasteiger partial charge in [0, 0.05) is 9.64 Å². The average Bonchev–Trinajstić information content (AvgIpc) is 2.20. The lowest BCUT2D eigenvalue weighted by atomic mass is 10.1. The number of carbonyl (C=O) groups excluding carboxylic acids is 1. The second kappa shape index (κ2) is 5.09. The molecule has 0 aromatic heterocycles. The number of nitro groups is 1. The van der Waals surface area contributed by atoms with Gasteiger partial charge >= 0.3 is 0 Å². The van der Waals surface area contributed by atoms with Crippen molar-refractivity contribution < 1.29 is 9.72 Å². The molecule has 0 amide bonds. The summed E-state index contributed by atoms with van der Waals surface area (Å²) in [6.07, 6.45) is 0. The maximum Gasteiger partial charge on any atom is 0.281 e. The van der Waals surface area contributed by atoms with Crippen molar-refractivity contribution >= 4 is 57.3 Å². The normalized spacial score (nSPS) is 10.1. The number of benzene rings is 1. The lowest BCUT2D eigenvalue weighted by molar-refractivity contribution is -0.385. The molecule has 0 aliphatic heterocycles. The third-order valence-corrected chi connectivity index (χ3v) is 3.67. The first-order valence-electron chi connectivity index (χ1n) is 3.70. The molecule has 4 nitrogen and oxygen atoms in total. The Bertz CT molecular complexity index is 436. The average molecular weight is 360 g/mol. The van der Waals surface area contributed by atoms with Gasteiger partial charge in [-0.15, -0.1) is 11.6 Å². The number of hydrogen-bond donors (Lipinski definition) is 0. The highest BCUT2D eigenvalue weighted by atomic mass is 127. The molecule has 1 aromatic carbocycles. The molecule has 15 heavy (non-hydrogen) atoms. The summed E-state index contributed by atoms with van der Waals surface area (Å²) in [5.41, 5.74) is -0.294. The second-order valence-corrected chi connectivity index (χ2v) is 4.32. The van der Waals surface area contributed by atoms with Gasteiger partial charge in [-0.1, -0.05) is 11.6 Å². The van der Waals surface area contributed by atoms with Crippen LogP contribution in [0.3, 0.4) is 0 Å². The molecule has 0 aliphatic rings. The number of halogens is 3. The van der Waals surface area contributed by atoms with E-state index in [0.29, 0.717) is 8.59 Å². The van der Waals surface area contributed by atoms with Crippen molar-refractivity contribution in [2.75, 3.05) is 5.88 Å². The van der Waals surface area contributed by atoms with Crippen LogP contribution in [0.25, 0.3) is 0 Å². The summed E-state index contributed by atoms with van der Waals surface area (Å²) >= 11 is 12.9. The van der Waals surface area contributed by atoms with Gasteiger partial charge in [0.1, 0.15) is 5.56 Å². The highest BCUT2D eigenvalue weighted by molar-refractivity contribution is 14.1. The van der Waals surface area contributed by atoms with Crippen molar-refractivity contribution in [1.82, 2.24) is 0 Å². The first-order chi connectivity index (χ1) is 6.99. The van der Waals surface area contributed by atoms with Crippen molar-refractivity contribution in [3.63, 3.8) is 0 Å². The van der Waals surface area contributed by atoms with E-state index in [-0.39, 0.29) is 17.1 Å². The van der Waals surface area contributed by atoms with Crippen molar-refractivity contribution in [3.05, 3.63) is 36.4 Å². The Labute approximate surface area is 109 Å². The number of carbonyl (C=O) groups is 1. The highest BCUT2D eigenvalue weighted by Gasteiger charge is 2.24. The Morgan fingerprint density at radius 1 is 1.53 bits per heavy atom. The van der Waals surface area contributed by atoms with Crippen LogP contribution >= 0.6 is 45.8 Å². The predicted molar refractivity (Wildman–Crippen MR) is 65.9 cm³/mol. The fraction of sp³-hybridized carbons (Fsp3) is 0.125. The van der Waals surface area contributed by atoms with Crippen molar-refractivity contribution in [2.24, 2.45) is 0 Å². The zero-order chi connectivity index (χ0) is 11.6. The highest BCUT2D eigenvalue weighted by Crippen LogP contribution is 2.30. The number of nitrogens with zero attached hydrogens (tertiary/aromatic N) is 1. The van der Waals surface area contributed by atoms with Gasteiger partial charge in [0.15, 0.2) is 5.78 Å². The summed E-state index contributed by atoms with van der Waals surface area (Å²) in [5, 5.41) is 11.0. The number of hydrogen-bond acceptors (Lipinski definition) is 3. The van der Waals surface area contributed by atoms with E-state index in [1.54, 1.807) is 22.6 Å². The Kier molecular flexibility index (Phi) is 4.30. The first-order valence-corrected chi connectivity index (χ1v) is 5.69. The maximum absolute atomic E-state index is 11.4. The van der Waals surface area contributed by atoms with Gasteiger partial charge in [0.05, 0.1) is 15.8 Å². The molecular formula is C8H4Cl2INO3. The van der Waals surface area contributed by atoms with E-state index in [0.717, 1.165) is 0 Å². The van der Waals surface area contributed by atoms with Crippen molar-refractivity contribution in [3.8, 4) is 0 Å². The van der Waals surface area contributed by atoms with E-state index in [2.05, 4.69) is 0 Å². The fourth-order valence-corrected chi connectivity index (χ4v) is 2.07. The lowest BCUT2D eigenvalue weighted by Gasteiger charge is -2.04. The molecule has 1 rings (SSSR count). The van der Waals surface area contributed by atoms with Crippen LogP contribution in [0.1, 0.15) is 10.4 Å². The van der Waals surface area contributed by atoms with E-state index in [1.807, 2.05) is 0 Å². The molecule has 0 radical (unpaired) electrons. The van der Waals surface area contributed by atoms with E-state index < -0.39 is 10.7 Å². The number of Topliss-reactive ketones (excluding diaryl/α,β-unsaturated/α-hetero) is 1. The van der Waals surface area contributed by atoms with Gasteiger partial charge in [-0.3, -0.25) is 14.9 Å². The molecule has 0 aliphatic carbocycles. The molecule has 0 fully saturated rings. The molecule has 0 N–H and O–H groups in total. The van der Waals surface area contributed by atoms with E-state index in [1.165, 1.54) is 12.1 Å². The third kappa shape index (κ3) is 2.59. The van der Waals surface area contributed by atoms with E-state index >= 15 is 0 Å². The zero-order valence-corrected chi connectivity index (χ0v) is 10.8. The van der Waals surface area contributed by atoms with E-state index in [9.17, 15) is 14.9 Å². The molecule has 7 heteroatoms. The summed E-state index contributed by atoms with van der Waals surface area (Å²) < 4.78 is 0.356. The van der Waals surface area contributed by atoms with Gasteiger partial charge in [0.25, 0.3) is 5.69 Å². The van der Waals surface area contributed by atoms with Gasteiger partial charge in [-0.2, -0.15) is 0 Å². The van der Waals surface area contributed by atoms with Crippen LogP contribution in [0.2, 0.25) is 5.02 Å². The van der Waals surface area contributed by atoms with Gasteiger partial charge in [0.2, 0.25) is 0 Å². The minimum Gasteiger partial charge on any atom is -0.293 e. The van der Waals surface area contributed by atoms with Gasteiger partial charge in [-0.05, 0) is 28.7 Å². The molecule has 0 unspecified atom stereocenters. The summed E-state index contributed by atoms with van der Waals surface area (Å²) in [7, 11) is 0. The zero-order valence-electron chi connectivity index (χ0n) is 7.17. The summed E-state index contributed by atoms with van der Waals surface area (Å²) in [4.78, 5) is 21.5. The Morgan fingerprint density at radius 3 is 2.60 bits per heavy atom. The number of nitro benzene ring substituents is 1. The van der Waals surface area contributed by atoms with E-state index in [4.69, 9.17) is 23.2 Å². The lowest BCUT2D eigenvalue weighted by Crippen LogP contribution is -2.07. The van der Waals surface area contributed by atoms with Crippen LogP contribution in [0, 0.1) is 13.7 Å². The standard InChI is InChI=1S/C8H4Cl2INO3/c9-3-6(13)7-5(12(14)15)2-1-4(10)8(7)11/h1-2H,3H2. The van der Waals surface area contributed by atoms with Crippen LogP contribution in [-0.4, -0.2) is 16.6 Å². The molecule has 1 aromatic rings. The number of ketones is 1. The summed E-state index contributed by atoms with van der Waals surface area (Å²) in [5.74, 6) is -0.813. The summed E-state index contributed by atoms with van der Waals surface area (Å²) in [6.45, 7) is 0. The molecule has 0 saturated heterocycles. The fourth-order valence-electron chi connectivity index (χ4n) is 1.02. The first kappa shape index (κ1) is 12.7. The van der Waals surface area contributed by atoms with Crippen LogP contribution in [0.15, 0.2) is 12.1 Å². The molecular weight excluding hydrogens is 356 g/mol. The molecule has 0 bridgehead atoms. The topological polar surface area (TPSA) is 60.2 Å². The van der Waals surface area contributed by atoms with Gasteiger partial charge < -0.3 is 0 Å². The van der Waals surface area contributed by atoms with Crippen LogP contribution in [0.4, 0.5) is 5.69 Å². The summed E-state index contributed by atoms with van der Waals surface area (Å²) in [6, 6.07) is 2.58.